The van der Waals surface area contributed by atoms with Gasteiger partial charge in [0.15, 0.2) is 11.5 Å². The summed E-state index contributed by atoms with van der Waals surface area (Å²) in [5, 5.41) is 6.04. The molecule has 0 unspecified atom stereocenters. The number of amides is 1. The summed E-state index contributed by atoms with van der Waals surface area (Å²) >= 11 is 0. The van der Waals surface area contributed by atoms with Crippen molar-refractivity contribution in [3.63, 3.8) is 0 Å². The molecule has 0 spiro atoms. The molecule has 1 aromatic heterocycles. The zero-order valence-corrected chi connectivity index (χ0v) is 15.4. The fourth-order valence-corrected chi connectivity index (χ4v) is 2.88. The van der Waals surface area contributed by atoms with E-state index in [-0.39, 0.29) is 18.4 Å². The first-order chi connectivity index (χ1) is 13.7. The van der Waals surface area contributed by atoms with Gasteiger partial charge in [-0.05, 0) is 30.2 Å². The van der Waals surface area contributed by atoms with Gasteiger partial charge in [-0.15, -0.1) is 0 Å². The predicted octanol–water partition coefficient (Wildman–Crippen LogP) is 3.06. The van der Waals surface area contributed by atoms with Gasteiger partial charge >= 0.3 is 0 Å². The molecule has 3 aromatic rings. The fraction of sp³-hybridized carbons (Fsp3) is 0.190. The normalized spacial score (nSPS) is 11.9. The molecule has 1 aliphatic rings. The van der Waals surface area contributed by atoms with Crippen molar-refractivity contribution in [2.45, 2.75) is 20.0 Å². The standard InChI is InChI=1S/C21H20N4O3/c1-14-3-2-4-15(7-14)9-23-20-12-22-17(11-24-20)21(26)25-10-16-5-6-18-19(8-16)28-13-27-18/h2-8,11-12H,9-10,13H2,1H3,(H,23,24)(H,25,26). The van der Waals surface area contributed by atoms with E-state index in [9.17, 15) is 4.79 Å². The Kier molecular flexibility index (Phi) is 5.05. The van der Waals surface area contributed by atoms with Crippen LogP contribution >= 0.6 is 0 Å². The van der Waals surface area contributed by atoms with E-state index in [4.69, 9.17) is 9.47 Å². The smallest absolute Gasteiger partial charge is 0.271 e. The number of fused-ring (bicyclic) bond motifs is 1. The van der Waals surface area contributed by atoms with Crippen LogP contribution in [0.4, 0.5) is 5.82 Å². The van der Waals surface area contributed by atoms with Gasteiger partial charge in [-0.3, -0.25) is 4.79 Å². The van der Waals surface area contributed by atoms with Crippen molar-refractivity contribution in [3.05, 3.63) is 77.2 Å². The van der Waals surface area contributed by atoms with Crippen LogP contribution in [0.1, 0.15) is 27.2 Å². The van der Waals surface area contributed by atoms with Gasteiger partial charge < -0.3 is 20.1 Å². The van der Waals surface area contributed by atoms with E-state index in [2.05, 4.69) is 39.7 Å². The minimum atomic E-state index is -0.282. The first-order valence-electron chi connectivity index (χ1n) is 8.95. The van der Waals surface area contributed by atoms with Crippen molar-refractivity contribution < 1.29 is 14.3 Å². The molecule has 0 radical (unpaired) electrons. The highest BCUT2D eigenvalue weighted by atomic mass is 16.7. The Hall–Kier alpha value is -3.61. The summed E-state index contributed by atoms with van der Waals surface area (Å²) in [6.07, 6.45) is 3.03. The molecule has 1 amide bonds. The van der Waals surface area contributed by atoms with E-state index in [0.717, 1.165) is 16.9 Å². The monoisotopic (exact) mass is 376 g/mol. The molecule has 0 aliphatic carbocycles. The Morgan fingerprint density at radius 2 is 1.86 bits per heavy atom. The van der Waals surface area contributed by atoms with E-state index in [1.54, 1.807) is 6.20 Å². The summed E-state index contributed by atoms with van der Waals surface area (Å²) in [7, 11) is 0. The molecule has 2 heterocycles. The summed E-state index contributed by atoms with van der Waals surface area (Å²) < 4.78 is 10.6. The molecule has 7 heteroatoms. The zero-order valence-electron chi connectivity index (χ0n) is 15.4. The first kappa shape index (κ1) is 17.8. The molecule has 0 atom stereocenters. The number of hydrogen-bond donors (Lipinski definition) is 2. The minimum absolute atomic E-state index is 0.227. The van der Waals surface area contributed by atoms with Gasteiger partial charge in [-0.1, -0.05) is 35.9 Å². The number of rotatable bonds is 6. The van der Waals surface area contributed by atoms with E-state index < -0.39 is 0 Å². The maximum atomic E-state index is 12.3. The molecule has 2 N–H and O–H groups in total. The maximum absolute atomic E-state index is 12.3. The lowest BCUT2D eigenvalue weighted by molar-refractivity contribution is 0.0945. The third-order valence-electron chi connectivity index (χ3n) is 4.33. The number of aromatic nitrogens is 2. The van der Waals surface area contributed by atoms with Crippen LogP contribution in [0.15, 0.2) is 54.9 Å². The lowest BCUT2D eigenvalue weighted by atomic mass is 10.1. The van der Waals surface area contributed by atoms with Crippen molar-refractivity contribution in [1.29, 1.82) is 0 Å². The van der Waals surface area contributed by atoms with Gasteiger partial charge in [0.05, 0.1) is 12.4 Å². The Balaban J connectivity index is 1.31. The molecule has 1 aliphatic heterocycles. The lowest BCUT2D eigenvalue weighted by Crippen LogP contribution is -2.24. The average Bonchev–Trinajstić information content (AvgIpc) is 3.19. The molecule has 0 saturated heterocycles. The highest BCUT2D eigenvalue weighted by Crippen LogP contribution is 2.32. The summed E-state index contributed by atoms with van der Waals surface area (Å²) in [5.41, 5.74) is 3.55. The number of benzene rings is 2. The molecule has 7 nitrogen and oxygen atoms in total. The highest BCUT2D eigenvalue weighted by molar-refractivity contribution is 5.91. The van der Waals surface area contributed by atoms with Crippen LogP contribution in [0.3, 0.4) is 0 Å². The second-order valence-corrected chi connectivity index (χ2v) is 6.50. The number of ether oxygens (including phenoxy) is 2. The van der Waals surface area contributed by atoms with Crippen LogP contribution in [-0.4, -0.2) is 22.7 Å². The number of anilines is 1. The van der Waals surface area contributed by atoms with Gasteiger partial charge in [0.25, 0.3) is 5.91 Å². The minimum Gasteiger partial charge on any atom is -0.454 e. The number of carbonyl (C=O) groups excluding carboxylic acids is 1. The van der Waals surface area contributed by atoms with Crippen molar-refractivity contribution in [1.82, 2.24) is 15.3 Å². The zero-order chi connectivity index (χ0) is 19.3. The van der Waals surface area contributed by atoms with Crippen LogP contribution in [-0.2, 0) is 13.1 Å². The third-order valence-corrected chi connectivity index (χ3v) is 4.33. The lowest BCUT2D eigenvalue weighted by Gasteiger charge is -2.08. The van der Waals surface area contributed by atoms with Gasteiger partial charge in [0.1, 0.15) is 11.5 Å². The van der Waals surface area contributed by atoms with Crippen LogP contribution in [0.5, 0.6) is 11.5 Å². The summed E-state index contributed by atoms with van der Waals surface area (Å²) in [4.78, 5) is 20.8. The second kappa shape index (κ2) is 7.96. The molecule has 28 heavy (non-hydrogen) atoms. The molecule has 142 valence electrons. The Morgan fingerprint density at radius 1 is 1.00 bits per heavy atom. The van der Waals surface area contributed by atoms with E-state index in [1.165, 1.54) is 11.8 Å². The molecular formula is C21H20N4O3. The second-order valence-electron chi connectivity index (χ2n) is 6.50. The highest BCUT2D eigenvalue weighted by Gasteiger charge is 2.14. The largest absolute Gasteiger partial charge is 0.454 e. The molecule has 0 saturated carbocycles. The van der Waals surface area contributed by atoms with Gasteiger partial charge in [0.2, 0.25) is 6.79 Å². The summed E-state index contributed by atoms with van der Waals surface area (Å²) in [6.45, 7) is 3.29. The number of hydrogen-bond acceptors (Lipinski definition) is 6. The molecule has 0 bridgehead atoms. The van der Waals surface area contributed by atoms with Crippen molar-refractivity contribution >= 4 is 11.7 Å². The molecule has 0 fully saturated rings. The third kappa shape index (κ3) is 4.20. The molecular weight excluding hydrogens is 356 g/mol. The topological polar surface area (TPSA) is 85.4 Å². The Morgan fingerprint density at radius 3 is 2.68 bits per heavy atom. The molecule has 4 rings (SSSR count). The Labute approximate surface area is 162 Å². The number of nitrogens with zero attached hydrogens (tertiary/aromatic N) is 2. The predicted molar refractivity (Wildman–Crippen MR) is 104 cm³/mol. The van der Waals surface area contributed by atoms with E-state index >= 15 is 0 Å². The van der Waals surface area contributed by atoms with Crippen LogP contribution in [0.2, 0.25) is 0 Å². The quantitative estimate of drug-likeness (QED) is 0.688. The maximum Gasteiger partial charge on any atom is 0.271 e. The van der Waals surface area contributed by atoms with Crippen LogP contribution < -0.4 is 20.1 Å². The van der Waals surface area contributed by atoms with Gasteiger partial charge in [-0.25, -0.2) is 9.97 Å². The van der Waals surface area contributed by atoms with E-state index in [0.29, 0.717) is 24.7 Å². The number of carbonyl (C=O) groups is 1. The van der Waals surface area contributed by atoms with Crippen molar-refractivity contribution in [3.8, 4) is 11.5 Å². The van der Waals surface area contributed by atoms with E-state index in [1.807, 2.05) is 30.3 Å². The summed E-state index contributed by atoms with van der Waals surface area (Å²) in [5.74, 6) is 1.74. The molecule has 2 aromatic carbocycles. The van der Waals surface area contributed by atoms with Crippen LogP contribution in [0, 0.1) is 6.92 Å². The summed E-state index contributed by atoms with van der Waals surface area (Å²) in [6, 6.07) is 13.8. The Bertz CT molecular complexity index is 989. The number of nitrogens with one attached hydrogen (secondary N) is 2. The van der Waals surface area contributed by atoms with Crippen molar-refractivity contribution in [2.24, 2.45) is 0 Å². The first-order valence-corrected chi connectivity index (χ1v) is 8.95. The number of aryl methyl sites for hydroxylation is 1. The SMILES string of the molecule is Cc1cccc(CNc2cnc(C(=O)NCc3ccc4c(c3)OCO4)cn2)c1. The average molecular weight is 376 g/mol. The van der Waals surface area contributed by atoms with Crippen molar-refractivity contribution in [2.75, 3.05) is 12.1 Å². The van der Waals surface area contributed by atoms with Gasteiger partial charge in [-0.2, -0.15) is 0 Å². The fourth-order valence-electron chi connectivity index (χ4n) is 2.88. The van der Waals surface area contributed by atoms with Crippen LogP contribution in [0.25, 0.3) is 0 Å². The van der Waals surface area contributed by atoms with Gasteiger partial charge in [0, 0.05) is 13.1 Å².